The highest BCUT2D eigenvalue weighted by molar-refractivity contribution is 5.84. The maximum absolute atomic E-state index is 2.32. The molecule has 0 saturated carbocycles. The Hall–Kier alpha value is -2.08. The molecule has 0 radical (unpaired) electrons. The summed E-state index contributed by atoms with van der Waals surface area (Å²) in [7, 11) is 0. The van der Waals surface area contributed by atoms with Crippen LogP contribution in [0.2, 0.25) is 0 Å². The molecule has 0 unspecified atom stereocenters. The van der Waals surface area contributed by atoms with Crippen LogP contribution < -0.4 is 0 Å². The highest BCUT2D eigenvalue weighted by atomic mass is 14.3. The fraction of sp³-hybridized carbons (Fsp3) is 0.200. The fourth-order valence-corrected chi connectivity index (χ4v) is 2.90. The van der Waals surface area contributed by atoms with Gasteiger partial charge >= 0.3 is 0 Å². The van der Waals surface area contributed by atoms with E-state index in [2.05, 4.69) is 86.7 Å². The zero-order chi connectivity index (χ0) is 14.0. The highest BCUT2D eigenvalue weighted by Crippen LogP contribution is 2.43. The summed E-state index contributed by atoms with van der Waals surface area (Å²) in [6, 6.07) is 19.4. The molecule has 2 aromatic rings. The van der Waals surface area contributed by atoms with E-state index in [1.165, 1.54) is 22.3 Å². The van der Waals surface area contributed by atoms with Gasteiger partial charge in [0.05, 0.1) is 0 Å². The molecule has 100 valence electrons. The Morgan fingerprint density at radius 2 is 1.45 bits per heavy atom. The maximum Gasteiger partial charge on any atom is -0.00628 e. The van der Waals surface area contributed by atoms with Crippen LogP contribution in [0.25, 0.3) is 16.7 Å². The van der Waals surface area contributed by atoms with Gasteiger partial charge in [-0.3, -0.25) is 0 Å². The summed E-state index contributed by atoms with van der Waals surface area (Å²) in [6.07, 6.45) is 7.81. The molecule has 3 rings (SSSR count). The smallest absolute Gasteiger partial charge is 0.00628 e. The van der Waals surface area contributed by atoms with E-state index >= 15 is 0 Å². The third-order valence-electron chi connectivity index (χ3n) is 4.06. The minimum atomic E-state index is 0.194. The van der Waals surface area contributed by atoms with Gasteiger partial charge < -0.3 is 0 Å². The van der Waals surface area contributed by atoms with Crippen LogP contribution in [0.3, 0.4) is 0 Å². The lowest BCUT2D eigenvalue weighted by Crippen LogP contribution is -2.15. The summed E-state index contributed by atoms with van der Waals surface area (Å²) in [5.74, 6) is 0. The predicted molar refractivity (Wildman–Crippen MR) is 87.4 cm³/mol. The van der Waals surface area contributed by atoms with Crippen molar-refractivity contribution in [3.63, 3.8) is 0 Å². The Kier molecular flexibility index (Phi) is 3.31. The number of allylic oxidation sites excluding steroid dienone is 4. The third kappa shape index (κ3) is 2.34. The molecule has 0 spiro atoms. The van der Waals surface area contributed by atoms with Gasteiger partial charge in [0, 0.05) is 0 Å². The van der Waals surface area contributed by atoms with E-state index in [0.29, 0.717) is 0 Å². The second-order valence-electron chi connectivity index (χ2n) is 6.01. The number of benzene rings is 2. The lowest BCUT2D eigenvalue weighted by molar-refractivity contribution is 0.506. The molecule has 0 aromatic heterocycles. The quantitative estimate of drug-likeness (QED) is 0.647. The van der Waals surface area contributed by atoms with E-state index in [1.54, 1.807) is 0 Å². The van der Waals surface area contributed by atoms with Crippen LogP contribution in [-0.4, -0.2) is 0 Å². The van der Waals surface area contributed by atoms with E-state index in [0.717, 1.165) is 6.42 Å². The van der Waals surface area contributed by atoms with Gasteiger partial charge in [-0.1, -0.05) is 86.7 Å². The second kappa shape index (κ2) is 5.13. The van der Waals surface area contributed by atoms with E-state index < -0.39 is 0 Å². The summed E-state index contributed by atoms with van der Waals surface area (Å²) >= 11 is 0. The minimum Gasteiger partial charge on any atom is -0.0837 e. The van der Waals surface area contributed by atoms with Crippen molar-refractivity contribution in [2.45, 2.75) is 20.3 Å². The Morgan fingerprint density at radius 3 is 2.15 bits per heavy atom. The van der Waals surface area contributed by atoms with Crippen LogP contribution in [0.4, 0.5) is 0 Å². The summed E-state index contributed by atoms with van der Waals surface area (Å²) in [4.78, 5) is 0. The van der Waals surface area contributed by atoms with Crippen molar-refractivity contribution in [1.29, 1.82) is 0 Å². The first-order valence-corrected chi connectivity index (χ1v) is 7.21. The second-order valence-corrected chi connectivity index (χ2v) is 6.01. The van der Waals surface area contributed by atoms with E-state index in [-0.39, 0.29) is 5.41 Å². The maximum atomic E-state index is 2.32. The first-order valence-electron chi connectivity index (χ1n) is 7.21. The van der Waals surface area contributed by atoms with Crippen molar-refractivity contribution in [3.05, 3.63) is 78.4 Å². The Morgan fingerprint density at radius 1 is 0.800 bits per heavy atom. The van der Waals surface area contributed by atoms with Crippen LogP contribution >= 0.6 is 0 Å². The van der Waals surface area contributed by atoms with Crippen LogP contribution in [0, 0.1) is 5.41 Å². The minimum absolute atomic E-state index is 0.194. The van der Waals surface area contributed by atoms with Gasteiger partial charge in [-0.15, -0.1) is 0 Å². The molecule has 2 aromatic carbocycles. The van der Waals surface area contributed by atoms with Crippen LogP contribution in [0.15, 0.2) is 72.8 Å². The number of hydrogen-bond donors (Lipinski definition) is 0. The van der Waals surface area contributed by atoms with Crippen LogP contribution in [0.5, 0.6) is 0 Å². The lowest BCUT2D eigenvalue weighted by atomic mass is 9.74. The molecular formula is C20H20. The van der Waals surface area contributed by atoms with Crippen molar-refractivity contribution in [2.75, 3.05) is 0 Å². The fourth-order valence-electron chi connectivity index (χ4n) is 2.90. The molecule has 0 atom stereocenters. The SMILES string of the molecule is CC1(C)CC=CC=C1c1ccccc1-c1ccccc1. The molecule has 0 heterocycles. The summed E-state index contributed by atoms with van der Waals surface area (Å²) in [5, 5.41) is 0. The van der Waals surface area contributed by atoms with Gasteiger partial charge in [-0.2, -0.15) is 0 Å². The highest BCUT2D eigenvalue weighted by Gasteiger charge is 2.26. The molecule has 0 N–H and O–H groups in total. The molecule has 0 fully saturated rings. The van der Waals surface area contributed by atoms with Crippen molar-refractivity contribution in [3.8, 4) is 11.1 Å². The molecule has 0 saturated heterocycles. The number of rotatable bonds is 2. The van der Waals surface area contributed by atoms with E-state index in [1.807, 2.05) is 0 Å². The van der Waals surface area contributed by atoms with Crippen LogP contribution in [0.1, 0.15) is 25.8 Å². The van der Waals surface area contributed by atoms with Crippen molar-refractivity contribution < 1.29 is 0 Å². The average molecular weight is 260 g/mol. The lowest BCUT2D eigenvalue weighted by Gasteiger charge is -2.30. The Labute approximate surface area is 121 Å². The zero-order valence-corrected chi connectivity index (χ0v) is 12.1. The average Bonchev–Trinajstić information content (AvgIpc) is 2.48. The van der Waals surface area contributed by atoms with Gasteiger partial charge in [0.25, 0.3) is 0 Å². The van der Waals surface area contributed by atoms with Crippen molar-refractivity contribution in [1.82, 2.24) is 0 Å². The molecule has 1 aliphatic carbocycles. The molecule has 0 nitrogen and oxygen atoms in total. The zero-order valence-electron chi connectivity index (χ0n) is 12.1. The third-order valence-corrected chi connectivity index (χ3v) is 4.06. The van der Waals surface area contributed by atoms with Gasteiger partial charge in [0.2, 0.25) is 0 Å². The molecule has 0 amide bonds. The first-order chi connectivity index (χ1) is 9.68. The summed E-state index contributed by atoms with van der Waals surface area (Å²) < 4.78 is 0. The molecular weight excluding hydrogens is 240 g/mol. The van der Waals surface area contributed by atoms with E-state index in [9.17, 15) is 0 Å². The topological polar surface area (TPSA) is 0 Å². The Balaban J connectivity index is 2.16. The van der Waals surface area contributed by atoms with Gasteiger partial charge in [0.1, 0.15) is 0 Å². The summed E-state index contributed by atoms with van der Waals surface area (Å²) in [5.41, 5.74) is 5.59. The predicted octanol–water partition coefficient (Wildman–Crippen LogP) is 5.72. The molecule has 0 heteroatoms. The number of hydrogen-bond acceptors (Lipinski definition) is 0. The van der Waals surface area contributed by atoms with Gasteiger partial charge in [-0.25, -0.2) is 0 Å². The molecule has 0 bridgehead atoms. The van der Waals surface area contributed by atoms with Gasteiger partial charge in [0.15, 0.2) is 0 Å². The standard InChI is InChI=1S/C20H20/c1-20(2)15-9-8-14-19(20)18-13-7-6-12-17(18)16-10-4-3-5-11-16/h3-14H,15H2,1-2H3. The van der Waals surface area contributed by atoms with Crippen LogP contribution in [-0.2, 0) is 0 Å². The largest absolute Gasteiger partial charge is 0.0837 e. The van der Waals surface area contributed by atoms with Gasteiger partial charge in [-0.05, 0) is 34.1 Å². The Bertz CT molecular complexity index is 657. The summed E-state index contributed by atoms with van der Waals surface area (Å²) in [6.45, 7) is 4.65. The van der Waals surface area contributed by atoms with Crippen molar-refractivity contribution >= 4 is 5.57 Å². The monoisotopic (exact) mass is 260 g/mol. The van der Waals surface area contributed by atoms with E-state index in [4.69, 9.17) is 0 Å². The first kappa shape index (κ1) is 12.9. The molecule has 0 aliphatic heterocycles. The van der Waals surface area contributed by atoms with Crippen molar-refractivity contribution in [2.24, 2.45) is 5.41 Å². The normalized spacial score (nSPS) is 16.8. The molecule has 1 aliphatic rings. The molecule has 20 heavy (non-hydrogen) atoms.